The maximum absolute atomic E-state index is 14.8. The zero-order valence-electron chi connectivity index (χ0n) is 22.7. The summed E-state index contributed by atoms with van der Waals surface area (Å²) in [5, 5.41) is 13.1. The molecule has 1 amide bonds. The Morgan fingerprint density at radius 1 is 1.17 bits per heavy atom. The van der Waals surface area contributed by atoms with Crippen LogP contribution in [0.2, 0.25) is 0 Å². The minimum atomic E-state index is -5.10. The lowest BCUT2D eigenvalue weighted by Gasteiger charge is -2.35. The average molecular weight is 578 g/mol. The van der Waals surface area contributed by atoms with Crippen LogP contribution in [-0.4, -0.2) is 87.7 Å². The predicted octanol–water partition coefficient (Wildman–Crippen LogP) is 3.23. The summed E-state index contributed by atoms with van der Waals surface area (Å²) in [5.41, 5.74) is -4.09. The van der Waals surface area contributed by atoms with Crippen LogP contribution in [-0.2, 0) is 11.0 Å². The Hall–Kier alpha value is -4.20. The molecule has 0 aliphatic carbocycles. The van der Waals surface area contributed by atoms with Gasteiger partial charge in [-0.05, 0) is 37.4 Å². The molecule has 4 rings (SSSR count). The molecule has 0 bridgehead atoms. The van der Waals surface area contributed by atoms with Crippen LogP contribution >= 0.6 is 0 Å². The lowest BCUT2D eigenvalue weighted by Crippen LogP contribution is -2.48. The summed E-state index contributed by atoms with van der Waals surface area (Å²) < 4.78 is 58.0. The molecule has 0 spiro atoms. The second-order valence-corrected chi connectivity index (χ2v) is 9.38. The van der Waals surface area contributed by atoms with Crippen LogP contribution in [0, 0.1) is 5.82 Å². The van der Waals surface area contributed by atoms with Gasteiger partial charge in [0.2, 0.25) is 11.9 Å². The number of anilines is 2. The van der Waals surface area contributed by atoms with Crippen molar-refractivity contribution in [1.29, 1.82) is 0 Å². The zero-order chi connectivity index (χ0) is 29.9. The van der Waals surface area contributed by atoms with E-state index in [0.29, 0.717) is 19.2 Å². The minimum Gasteiger partial charge on any atom is -0.506 e. The number of piperazine rings is 1. The van der Waals surface area contributed by atoms with Gasteiger partial charge in [-0.3, -0.25) is 14.2 Å². The van der Waals surface area contributed by atoms with E-state index in [4.69, 9.17) is 0 Å². The number of para-hydroxylation sites is 1. The number of phenols is 1. The fourth-order valence-electron chi connectivity index (χ4n) is 4.78. The van der Waals surface area contributed by atoms with E-state index in [2.05, 4.69) is 26.8 Å². The lowest BCUT2D eigenvalue weighted by molar-refractivity contribution is -0.142. The van der Waals surface area contributed by atoms with Crippen LogP contribution in [0.4, 0.5) is 29.3 Å². The maximum atomic E-state index is 14.8. The standard InChI is InChI=1S/C27H31F4N7O3/c1-4-21(40)36-12-14-37(15-13-36)24-17-16-20(27(29,30)31)38(23-18(28)8-7-9-19(23)39)25(41)22(17)33-26(34-24)32-10-11-35(5-2)6-3/h4,7-9,16,39H,1,5-6,10-15H2,2-3H3,(H,32,33,34). The van der Waals surface area contributed by atoms with Gasteiger partial charge in [0.15, 0.2) is 5.82 Å². The average Bonchev–Trinajstić information content (AvgIpc) is 2.95. The number of aromatic nitrogens is 3. The van der Waals surface area contributed by atoms with Crippen LogP contribution < -0.4 is 15.8 Å². The molecule has 1 aromatic carbocycles. The number of carbonyl (C=O) groups is 1. The molecule has 2 aromatic heterocycles. The first-order valence-electron chi connectivity index (χ1n) is 13.1. The molecule has 0 unspecified atom stereocenters. The van der Waals surface area contributed by atoms with Crippen LogP contribution in [0.1, 0.15) is 19.5 Å². The summed E-state index contributed by atoms with van der Waals surface area (Å²) in [4.78, 5) is 39.9. The number of rotatable bonds is 9. The summed E-state index contributed by atoms with van der Waals surface area (Å²) in [6.07, 6.45) is -3.92. The van der Waals surface area contributed by atoms with Gasteiger partial charge in [0.05, 0.1) is 5.39 Å². The van der Waals surface area contributed by atoms with Gasteiger partial charge in [-0.2, -0.15) is 18.2 Å². The first-order chi connectivity index (χ1) is 19.5. The smallest absolute Gasteiger partial charge is 0.431 e. The normalized spacial score (nSPS) is 14.1. The van der Waals surface area contributed by atoms with E-state index in [1.165, 1.54) is 6.08 Å². The molecule has 10 nitrogen and oxygen atoms in total. The monoisotopic (exact) mass is 577 g/mol. The number of likely N-dealkylation sites (N-methyl/N-ethyl adjacent to an activating group) is 1. The highest BCUT2D eigenvalue weighted by molar-refractivity contribution is 5.91. The predicted molar refractivity (Wildman–Crippen MR) is 147 cm³/mol. The highest BCUT2D eigenvalue weighted by Crippen LogP contribution is 2.36. The first-order valence-corrected chi connectivity index (χ1v) is 13.1. The summed E-state index contributed by atoms with van der Waals surface area (Å²) in [5.74, 6) is -2.26. The Kier molecular flexibility index (Phi) is 8.80. The number of aromatic hydroxyl groups is 1. The fourth-order valence-corrected chi connectivity index (χ4v) is 4.78. The van der Waals surface area contributed by atoms with Gasteiger partial charge in [-0.1, -0.05) is 26.5 Å². The number of nitrogens with zero attached hydrogens (tertiary/aromatic N) is 6. The van der Waals surface area contributed by atoms with Crippen molar-refractivity contribution in [1.82, 2.24) is 24.3 Å². The zero-order valence-corrected chi connectivity index (χ0v) is 22.7. The third kappa shape index (κ3) is 6.11. The number of alkyl halides is 3. The molecule has 3 heterocycles. The van der Waals surface area contributed by atoms with Gasteiger partial charge in [-0.25, -0.2) is 9.37 Å². The number of pyridine rings is 1. The van der Waals surface area contributed by atoms with Gasteiger partial charge >= 0.3 is 6.18 Å². The largest absolute Gasteiger partial charge is 0.506 e. The second kappa shape index (κ2) is 12.1. The van der Waals surface area contributed by atoms with Crippen molar-refractivity contribution in [2.24, 2.45) is 0 Å². The van der Waals surface area contributed by atoms with Crippen molar-refractivity contribution in [2.75, 3.05) is 62.6 Å². The van der Waals surface area contributed by atoms with Crippen molar-refractivity contribution < 1.29 is 27.5 Å². The Morgan fingerprint density at radius 2 is 1.85 bits per heavy atom. The van der Waals surface area contributed by atoms with Crippen molar-refractivity contribution in [3.05, 3.63) is 58.8 Å². The highest BCUT2D eigenvalue weighted by Gasteiger charge is 2.38. The summed E-state index contributed by atoms with van der Waals surface area (Å²) in [6.45, 7) is 11.1. The number of hydrogen-bond acceptors (Lipinski definition) is 8. The number of carbonyl (C=O) groups excluding carboxylic acids is 1. The number of fused-ring (bicyclic) bond motifs is 1. The summed E-state index contributed by atoms with van der Waals surface area (Å²) in [7, 11) is 0. The van der Waals surface area contributed by atoms with E-state index >= 15 is 0 Å². The van der Waals surface area contributed by atoms with Gasteiger partial charge in [-0.15, -0.1) is 0 Å². The molecule has 3 aromatic rings. The molecular formula is C27H31F4N7O3. The molecular weight excluding hydrogens is 546 g/mol. The lowest BCUT2D eigenvalue weighted by atomic mass is 10.1. The van der Waals surface area contributed by atoms with Crippen molar-refractivity contribution in [2.45, 2.75) is 20.0 Å². The second-order valence-electron chi connectivity index (χ2n) is 9.38. The van der Waals surface area contributed by atoms with E-state index in [1.807, 2.05) is 13.8 Å². The third-order valence-corrected chi connectivity index (χ3v) is 7.00. The van der Waals surface area contributed by atoms with Crippen LogP contribution in [0.25, 0.3) is 16.6 Å². The van der Waals surface area contributed by atoms with Gasteiger partial charge < -0.3 is 25.1 Å². The number of amides is 1. The van der Waals surface area contributed by atoms with E-state index in [-0.39, 0.29) is 59.3 Å². The minimum absolute atomic E-state index is 0.00502. The molecule has 1 aliphatic heterocycles. The number of halogens is 4. The molecule has 1 saturated heterocycles. The molecule has 220 valence electrons. The van der Waals surface area contributed by atoms with E-state index in [0.717, 1.165) is 31.3 Å². The number of hydrogen-bond donors (Lipinski definition) is 2. The summed E-state index contributed by atoms with van der Waals surface area (Å²) >= 11 is 0. The first kappa shape index (κ1) is 29.8. The van der Waals surface area contributed by atoms with Crippen molar-refractivity contribution >= 4 is 28.6 Å². The molecule has 1 aliphatic rings. The Balaban J connectivity index is 1.91. The fraction of sp³-hybridized carbons (Fsp3) is 0.407. The Morgan fingerprint density at radius 3 is 2.44 bits per heavy atom. The van der Waals surface area contributed by atoms with Crippen LogP contribution in [0.15, 0.2) is 41.7 Å². The topological polar surface area (TPSA) is 107 Å². The van der Waals surface area contributed by atoms with Gasteiger partial charge in [0.25, 0.3) is 5.56 Å². The summed E-state index contributed by atoms with van der Waals surface area (Å²) in [6, 6.07) is 3.65. The molecule has 0 atom stereocenters. The molecule has 2 N–H and O–H groups in total. The van der Waals surface area contributed by atoms with Crippen molar-refractivity contribution in [3.63, 3.8) is 0 Å². The van der Waals surface area contributed by atoms with E-state index < -0.39 is 34.7 Å². The molecule has 14 heteroatoms. The SMILES string of the molecule is C=CC(=O)N1CCN(c2nc(NCCN(CC)CC)nc3c(=O)n(-c4c(O)cccc4F)c(C(F)(F)F)cc23)CC1. The highest BCUT2D eigenvalue weighted by atomic mass is 19.4. The van der Waals surface area contributed by atoms with Crippen LogP contribution in [0.5, 0.6) is 5.75 Å². The van der Waals surface area contributed by atoms with Crippen molar-refractivity contribution in [3.8, 4) is 11.4 Å². The number of phenolic OH excluding ortho intramolecular Hbond substituents is 1. The molecule has 0 saturated carbocycles. The maximum Gasteiger partial charge on any atom is 0.431 e. The van der Waals surface area contributed by atoms with E-state index in [1.54, 1.807) is 9.80 Å². The van der Waals surface area contributed by atoms with E-state index in [9.17, 15) is 32.3 Å². The molecule has 41 heavy (non-hydrogen) atoms. The Labute approximate surface area is 233 Å². The molecule has 0 radical (unpaired) electrons. The number of nitrogens with one attached hydrogen (secondary N) is 1. The number of benzene rings is 1. The van der Waals surface area contributed by atoms with Gasteiger partial charge in [0.1, 0.15) is 28.5 Å². The molecule has 1 fully saturated rings. The van der Waals surface area contributed by atoms with Gasteiger partial charge in [0, 0.05) is 39.3 Å². The quantitative estimate of drug-likeness (QED) is 0.295. The van der Waals surface area contributed by atoms with Crippen LogP contribution in [0.3, 0.4) is 0 Å². The Bertz CT molecular complexity index is 1480. The third-order valence-electron chi connectivity index (χ3n) is 7.00.